The summed E-state index contributed by atoms with van der Waals surface area (Å²) in [6.45, 7) is 0.797. The number of carbonyl (C=O) groups excluding carboxylic acids is 4. The standard InChI is InChI=1S/C21H19ClN4O7/c1-12-6-7-14(9-17(12)26(31)32)23-18(27)11-33-21(30)13-8-19(28)25(10-13)24-20(29)15-4-2-3-5-16(15)22/h2-7,9,13H,8,10-11H2,1H3,(H,23,27)(H,24,29)/t13-/m1/s1. The minimum Gasteiger partial charge on any atom is -0.455 e. The zero-order chi connectivity index (χ0) is 24.1. The number of hydrazine groups is 1. The van der Waals surface area contributed by atoms with Gasteiger partial charge in [-0.05, 0) is 25.1 Å². The van der Waals surface area contributed by atoms with Crippen LogP contribution in [0.5, 0.6) is 0 Å². The maximum absolute atomic E-state index is 12.3. The summed E-state index contributed by atoms with van der Waals surface area (Å²) >= 11 is 5.97. The molecule has 3 rings (SSSR count). The highest BCUT2D eigenvalue weighted by Gasteiger charge is 2.37. The molecule has 12 heteroatoms. The molecule has 33 heavy (non-hydrogen) atoms. The van der Waals surface area contributed by atoms with Crippen molar-refractivity contribution in [2.45, 2.75) is 13.3 Å². The number of benzene rings is 2. The van der Waals surface area contributed by atoms with Crippen LogP contribution >= 0.6 is 11.6 Å². The molecule has 2 aromatic rings. The van der Waals surface area contributed by atoms with Crippen molar-refractivity contribution in [2.75, 3.05) is 18.5 Å². The van der Waals surface area contributed by atoms with Gasteiger partial charge in [0.2, 0.25) is 5.91 Å². The van der Waals surface area contributed by atoms with Crippen molar-refractivity contribution in [1.82, 2.24) is 10.4 Å². The van der Waals surface area contributed by atoms with Gasteiger partial charge >= 0.3 is 5.97 Å². The Morgan fingerprint density at radius 1 is 1.24 bits per heavy atom. The fraction of sp³-hybridized carbons (Fsp3) is 0.238. The van der Waals surface area contributed by atoms with Gasteiger partial charge in [0.25, 0.3) is 17.5 Å². The van der Waals surface area contributed by atoms with E-state index in [-0.39, 0.29) is 34.9 Å². The molecule has 0 radical (unpaired) electrons. The van der Waals surface area contributed by atoms with Crippen LogP contribution in [0.3, 0.4) is 0 Å². The van der Waals surface area contributed by atoms with Gasteiger partial charge in [0, 0.05) is 23.7 Å². The molecule has 1 fully saturated rings. The fourth-order valence-corrected chi connectivity index (χ4v) is 3.36. The molecule has 0 unspecified atom stereocenters. The number of hydrogen-bond donors (Lipinski definition) is 2. The van der Waals surface area contributed by atoms with Crippen molar-refractivity contribution >= 4 is 46.7 Å². The van der Waals surface area contributed by atoms with E-state index in [4.69, 9.17) is 16.3 Å². The Labute approximate surface area is 192 Å². The van der Waals surface area contributed by atoms with Crippen molar-refractivity contribution in [2.24, 2.45) is 5.92 Å². The lowest BCUT2D eigenvalue weighted by Crippen LogP contribution is -2.43. The Hall–Kier alpha value is -3.99. The smallest absolute Gasteiger partial charge is 0.311 e. The van der Waals surface area contributed by atoms with Gasteiger partial charge in [-0.15, -0.1) is 0 Å². The second-order valence-corrected chi connectivity index (χ2v) is 7.65. The minimum absolute atomic E-state index is 0.125. The first-order valence-electron chi connectivity index (χ1n) is 9.73. The Bertz CT molecular complexity index is 1140. The summed E-state index contributed by atoms with van der Waals surface area (Å²) < 4.78 is 4.97. The molecule has 2 N–H and O–H groups in total. The molecule has 1 heterocycles. The molecule has 172 valence electrons. The summed E-state index contributed by atoms with van der Waals surface area (Å²) in [5.41, 5.74) is 3.03. The number of amides is 3. The number of anilines is 1. The van der Waals surface area contributed by atoms with Crippen molar-refractivity contribution in [1.29, 1.82) is 0 Å². The normalized spacial score (nSPS) is 15.2. The van der Waals surface area contributed by atoms with E-state index in [1.807, 2.05) is 0 Å². The molecular weight excluding hydrogens is 456 g/mol. The lowest BCUT2D eigenvalue weighted by atomic mass is 10.1. The number of nitro groups is 1. The lowest BCUT2D eigenvalue weighted by Gasteiger charge is -2.18. The zero-order valence-electron chi connectivity index (χ0n) is 17.4. The highest BCUT2D eigenvalue weighted by molar-refractivity contribution is 6.33. The fourth-order valence-electron chi connectivity index (χ4n) is 3.14. The molecule has 1 aliphatic rings. The maximum Gasteiger partial charge on any atom is 0.311 e. The Morgan fingerprint density at radius 2 is 1.97 bits per heavy atom. The third kappa shape index (κ3) is 5.83. The van der Waals surface area contributed by atoms with Gasteiger partial charge in [-0.3, -0.25) is 39.7 Å². The van der Waals surface area contributed by atoms with Crippen molar-refractivity contribution < 1.29 is 28.8 Å². The van der Waals surface area contributed by atoms with Gasteiger partial charge in [0.1, 0.15) is 0 Å². The second kappa shape index (κ2) is 10.1. The van der Waals surface area contributed by atoms with Gasteiger partial charge in [-0.1, -0.05) is 29.8 Å². The van der Waals surface area contributed by atoms with Gasteiger partial charge in [0.15, 0.2) is 6.61 Å². The molecule has 2 aromatic carbocycles. The van der Waals surface area contributed by atoms with Crippen LogP contribution in [0, 0.1) is 23.0 Å². The van der Waals surface area contributed by atoms with Gasteiger partial charge in [-0.25, -0.2) is 0 Å². The third-order valence-electron chi connectivity index (χ3n) is 4.85. The number of hydrogen-bond acceptors (Lipinski definition) is 7. The molecule has 0 saturated carbocycles. The number of halogens is 1. The number of aryl methyl sites for hydroxylation is 1. The number of nitrogens with one attached hydrogen (secondary N) is 2. The van der Waals surface area contributed by atoms with E-state index in [1.54, 1.807) is 19.1 Å². The topological polar surface area (TPSA) is 148 Å². The molecular formula is C21H19ClN4O7. The molecule has 0 spiro atoms. The number of nitro benzene ring substituents is 1. The Balaban J connectivity index is 1.51. The minimum atomic E-state index is -0.877. The van der Waals surface area contributed by atoms with E-state index in [2.05, 4.69) is 10.7 Å². The van der Waals surface area contributed by atoms with E-state index < -0.39 is 41.1 Å². The SMILES string of the molecule is Cc1ccc(NC(=O)COC(=O)[C@@H]2CC(=O)N(NC(=O)c3ccccc3Cl)C2)cc1[N+](=O)[O-]. The van der Waals surface area contributed by atoms with Crippen molar-refractivity contribution in [3.05, 3.63) is 68.7 Å². The molecule has 1 saturated heterocycles. The molecule has 0 aliphatic carbocycles. The summed E-state index contributed by atoms with van der Waals surface area (Å²) in [6.07, 6.45) is -0.201. The molecule has 11 nitrogen and oxygen atoms in total. The van der Waals surface area contributed by atoms with Gasteiger partial charge < -0.3 is 10.1 Å². The van der Waals surface area contributed by atoms with Gasteiger partial charge in [-0.2, -0.15) is 0 Å². The predicted octanol–water partition coefficient (Wildman–Crippen LogP) is 2.23. The quantitative estimate of drug-likeness (QED) is 0.355. The van der Waals surface area contributed by atoms with Gasteiger partial charge in [0.05, 0.1) is 28.0 Å². The number of rotatable bonds is 7. The molecule has 0 bridgehead atoms. The second-order valence-electron chi connectivity index (χ2n) is 7.24. The van der Waals surface area contributed by atoms with Crippen LogP contribution in [0.25, 0.3) is 0 Å². The summed E-state index contributed by atoms with van der Waals surface area (Å²) in [7, 11) is 0. The van der Waals surface area contributed by atoms with Crippen LogP contribution in [0.1, 0.15) is 22.3 Å². The number of ether oxygens (including phenoxy) is 1. The predicted molar refractivity (Wildman–Crippen MR) is 116 cm³/mol. The van der Waals surface area contributed by atoms with Crippen molar-refractivity contribution in [3.8, 4) is 0 Å². The first-order chi connectivity index (χ1) is 15.7. The Kier molecular flexibility index (Phi) is 7.23. The van der Waals surface area contributed by atoms with E-state index in [9.17, 15) is 29.3 Å². The van der Waals surface area contributed by atoms with Crippen LogP contribution in [0.4, 0.5) is 11.4 Å². The van der Waals surface area contributed by atoms with Crippen LogP contribution in [-0.4, -0.2) is 46.8 Å². The first-order valence-corrected chi connectivity index (χ1v) is 10.1. The average molecular weight is 475 g/mol. The number of nitrogens with zero attached hydrogens (tertiary/aromatic N) is 2. The van der Waals surface area contributed by atoms with E-state index >= 15 is 0 Å². The first kappa shape index (κ1) is 23.7. The van der Waals surface area contributed by atoms with Crippen molar-refractivity contribution in [3.63, 3.8) is 0 Å². The number of esters is 1. The third-order valence-corrected chi connectivity index (χ3v) is 5.18. The summed E-state index contributed by atoms with van der Waals surface area (Å²) in [4.78, 5) is 59.3. The van der Waals surface area contributed by atoms with E-state index in [1.165, 1.54) is 30.3 Å². The van der Waals surface area contributed by atoms with Crippen LogP contribution in [0.15, 0.2) is 42.5 Å². The van der Waals surface area contributed by atoms with Crippen LogP contribution < -0.4 is 10.7 Å². The molecule has 0 aromatic heterocycles. The highest BCUT2D eigenvalue weighted by Crippen LogP contribution is 2.23. The van der Waals surface area contributed by atoms with Crippen LogP contribution in [-0.2, 0) is 19.1 Å². The lowest BCUT2D eigenvalue weighted by molar-refractivity contribution is -0.385. The molecule has 3 amide bonds. The summed E-state index contributed by atoms with van der Waals surface area (Å²) in [5.74, 6) is -3.46. The summed E-state index contributed by atoms with van der Waals surface area (Å²) in [6, 6.07) is 10.5. The monoisotopic (exact) mass is 474 g/mol. The van der Waals surface area contributed by atoms with E-state index in [0.717, 1.165) is 5.01 Å². The summed E-state index contributed by atoms with van der Waals surface area (Å²) in [5, 5.41) is 14.6. The molecule has 1 atom stereocenters. The zero-order valence-corrected chi connectivity index (χ0v) is 18.1. The maximum atomic E-state index is 12.3. The average Bonchev–Trinajstić information content (AvgIpc) is 3.13. The Morgan fingerprint density at radius 3 is 2.67 bits per heavy atom. The largest absolute Gasteiger partial charge is 0.455 e. The van der Waals surface area contributed by atoms with E-state index in [0.29, 0.717) is 5.56 Å². The van der Waals surface area contributed by atoms with Crippen LogP contribution in [0.2, 0.25) is 5.02 Å². The number of carbonyl (C=O) groups is 4. The highest BCUT2D eigenvalue weighted by atomic mass is 35.5. The molecule has 1 aliphatic heterocycles.